The van der Waals surface area contributed by atoms with Crippen LogP contribution in [0.5, 0.6) is 17.4 Å². The standard InChI is InChI=1S/C46H60ClN10O7P/c1-48-41(59)16-15-32(30-58)57-29-34-33(45(57)60)11-10-13-38(34)64-26-9-8-19-54-22-24-55(25-23-54)31-17-20-56(21-18-31)43-39(62-2)27-37(44(53-43)63-3)51-46-49-28-35(47)42(52-46)50-36-12-6-7-14-40(36)65(4,5)61/h6-7,10-14,27-28,30-32H,8-9,15-26,29H2,1-5H3,(H,48,59)(H2,49,50,51,52). The van der Waals surface area contributed by atoms with Gasteiger partial charge in [0.2, 0.25) is 17.7 Å². The van der Waals surface area contributed by atoms with Crippen LogP contribution < -0.4 is 40.4 Å². The molecular formula is C46H60ClN10O7P. The third-order valence-corrected chi connectivity index (χ3v) is 14.2. The molecule has 2 fully saturated rings. The first-order valence-electron chi connectivity index (χ1n) is 22.2. The number of anilines is 5. The van der Waals surface area contributed by atoms with Crippen LogP contribution >= 0.6 is 18.7 Å². The number of carbonyl (C=O) groups excluding carboxylic acids is 3. The highest BCUT2D eigenvalue weighted by atomic mass is 35.5. The number of nitrogens with zero attached hydrogens (tertiary/aromatic N) is 7. The maximum atomic E-state index is 13.2. The lowest BCUT2D eigenvalue weighted by Crippen LogP contribution is -2.53. The predicted octanol–water partition coefficient (Wildman–Crippen LogP) is 5.77. The van der Waals surface area contributed by atoms with E-state index in [0.29, 0.717) is 69.7 Å². The second-order valence-electron chi connectivity index (χ2n) is 16.9. The van der Waals surface area contributed by atoms with Gasteiger partial charge in [0.25, 0.3) is 5.91 Å². The molecule has 0 saturated carbocycles. The zero-order valence-electron chi connectivity index (χ0n) is 37.8. The van der Waals surface area contributed by atoms with Gasteiger partial charge in [-0.25, -0.2) is 4.98 Å². The largest absolute Gasteiger partial charge is 0.493 e. The topological polar surface area (TPSA) is 184 Å². The minimum atomic E-state index is -2.58. The smallest absolute Gasteiger partial charge is 0.255 e. The Labute approximate surface area is 385 Å². The van der Waals surface area contributed by atoms with E-state index in [9.17, 15) is 18.9 Å². The number of carbonyl (C=O) groups is 3. The van der Waals surface area contributed by atoms with Crippen molar-refractivity contribution in [3.63, 3.8) is 0 Å². The van der Waals surface area contributed by atoms with Gasteiger partial charge in [0, 0.05) is 81.3 Å². The number of piperazine rings is 1. The molecule has 4 aromatic rings. The molecule has 2 aromatic heterocycles. The van der Waals surface area contributed by atoms with Crippen LogP contribution in [0, 0.1) is 0 Å². The molecule has 3 aliphatic rings. The Balaban J connectivity index is 0.859. The highest BCUT2D eigenvalue weighted by molar-refractivity contribution is 7.70. The number of fused-ring (bicyclic) bond motifs is 1. The quantitative estimate of drug-likeness (QED) is 0.0551. The van der Waals surface area contributed by atoms with E-state index >= 15 is 0 Å². The zero-order valence-corrected chi connectivity index (χ0v) is 39.5. The molecule has 7 rings (SSSR count). The number of aromatic nitrogens is 3. The van der Waals surface area contributed by atoms with E-state index in [1.807, 2.05) is 42.5 Å². The number of aldehydes is 1. The molecule has 0 bridgehead atoms. The SMILES string of the molecule is CNC(=O)CCC(C=O)N1Cc2c(OCCCCN3CCN(C4CCN(c5nc(OC)c(Nc6ncc(Cl)c(Nc7ccccc7P(C)(C)=O)n6)cc5OC)CC4)CC3)cccc2C1=O. The number of para-hydroxylation sites is 1. The van der Waals surface area contributed by atoms with Gasteiger partial charge in [-0.15, -0.1) is 0 Å². The number of piperidine rings is 1. The Hall–Kier alpha value is -5.48. The third kappa shape index (κ3) is 11.5. The molecule has 1 atom stereocenters. The predicted molar refractivity (Wildman–Crippen MR) is 254 cm³/mol. The van der Waals surface area contributed by atoms with Crippen molar-refractivity contribution in [2.45, 2.75) is 57.2 Å². The zero-order chi connectivity index (χ0) is 46.1. The Kier molecular flexibility index (Phi) is 15.8. The van der Waals surface area contributed by atoms with E-state index in [0.717, 1.165) is 89.2 Å². The van der Waals surface area contributed by atoms with Crippen LogP contribution in [0.4, 0.5) is 29.0 Å². The Bertz CT molecular complexity index is 2370. The number of unbranched alkanes of at least 4 members (excludes halogenated alkanes) is 1. The highest BCUT2D eigenvalue weighted by Gasteiger charge is 2.35. The normalized spacial score (nSPS) is 16.5. The molecule has 0 radical (unpaired) electrons. The number of hydrogen-bond acceptors (Lipinski definition) is 15. The van der Waals surface area contributed by atoms with Gasteiger partial charge < -0.3 is 54.2 Å². The summed E-state index contributed by atoms with van der Waals surface area (Å²) in [4.78, 5) is 59.7. The van der Waals surface area contributed by atoms with Crippen molar-refractivity contribution in [2.75, 3.05) is 103 Å². The Morgan fingerprint density at radius 1 is 0.954 bits per heavy atom. The van der Waals surface area contributed by atoms with Crippen LogP contribution in [0.1, 0.15) is 54.4 Å². The molecule has 2 saturated heterocycles. The molecule has 1 unspecified atom stereocenters. The van der Waals surface area contributed by atoms with Crippen molar-refractivity contribution in [1.82, 2.24) is 35.0 Å². The fraction of sp³-hybridized carbons (Fsp3) is 0.478. The monoisotopic (exact) mass is 930 g/mol. The van der Waals surface area contributed by atoms with Crippen molar-refractivity contribution in [3.8, 4) is 17.4 Å². The molecule has 3 N–H and O–H groups in total. The number of hydrogen-bond donors (Lipinski definition) is 3. The van der Waals surface area contributed by atoms with Crippen molar-refractivity contribution < 1.29 is 33.2 Å². The fourth-order valence-electron chi connectivity index (χ4n) is 8.75. The number of nitrogens with one attached hydrogen (secondary N) is 3. The van der Waals surface area contributed by atoms with E-state index in [1.54, 1.807) is 40.7 Å². The van der Waals surface area contributed by atoms with Gasteiger partial charge in [0.1, 0.15) is 29.9 Å². The van der Waals surface area contributed by atoms with E-state index in [1.165, 1.54) is 11.1 Å². The molecule has 2 aromatic carbocycles. The van der Waals surface area contributed by atoms with Crippen molar-refractivity contribution in [3.05, 3.63) is 70.9 Å². The summed E-state index contributed by atoms with van der Waals surface area (Å²) in [5.74, 6) is 2.61. The summed E-state index contributed by atoms with van der Waals surface area (Å²) in [7, 11) is 2.18. The summed E-state index contributed by atoms with van der Waals surface area (Å²) in [6, 6.07) is 14.5. The van der Waals surface area contributed by atoms with Crippen LogP contribution in [-0.2, 0) is 20.7 Å². The molecule has 5 heterocycles. The average molecular weight is 931 g/mol. The van der Waals surface area contributed by atoms with Crippen LogP contribution in [0.2, 0.25) is 5.02 Å². The van der Waals surface area contributed by atoms with E-state index in [4.69, 9.17) is 30.8 Å². The number of amides is 2. The number of rotatable bonds is 20. The highest BCUT2D eigenvalue weighted by Crippen LogP contribution is 2.40. The molecule has 3 aliphatic heterocycles. The molecule has 348 valence electrons. The summed E-state index contributed by atoms with van der Waals surface area (Å²) in [6.45, 7) is 11.0. The third-order valence-electron chi connectivity index (χ3n) is 12.3. The van der Waals surface area contributed by atoms with Crippen LogP contribution in [0.3, 0.4) is 0 Å². The van der Waals surface area contributed by atoms with Crippen molar-refractivity contribution >= 4 is 71.1 Å². The second kappa shape index (κ2) is 21.7. The maximum absolute atomic E-state index is 13.2. The van der Waals surface area contributed by atoms with Gasteiger partial charge in [0.05, 0.1) is 45.3 Å². The second-order valence-corrected chi connectivity index (χ2v) is 20.5. The molecule has 0 aliphatic carbocycles. The first-order chi connectivity index (χ1) is 31.4. The van der Waals surface area contributed by atoms with Gasteiger partial charge in [-0.1, -0.05) is 29.8 Å². The Morgan fingerprint density at radius 3 is 2.43 bits per heavy atom. The average Bonchev–Trinajstić information content (AvgIpc) is 3.66. The molecule has 17 nitrogen and oxygen atoms in total. The van der Waals surface area contributed by atoms with E-state index in [2.05, 4.69) is 40.6 Å². The Morgan fingerprint density at radius 2 is 1.72 bits per heavy atom. The minimum Gasteiger partial charge on any atom is -0.493 e. The number of halogens is 1. The molecular weight excluding hydrogens is 871 g/mol. The molecule has 65 heavy (non-hydrogen) atoms. The summed E-state index contributed by atoms with van der Waals surface area (Å²) >= 11 is 6.50. The van der Waals surface area contributed by atoms with Gasteiger partial charge in [0.15, 0.2) is 17.4 Å². The van der Waals surface area contributed by atoms with Crippen LogP contribution in [0.15, 0.2) is 54.7 Å². The van der Waals surface area contributed by atoms with Gasteiger partial charge >= 0.3 is 0 Å². The van der Waals surface area contributed by atoms with Crippen molar-refractivity contribution in [1.29, 1.82) is 0 Å². The van der Waals surface area contributed by atoms with Gasteiger partial charge in [-0.05, 0) is 76.2 Å². The lowest BCUT2D eigenvalue weighted by molar-refractivity contribution is -0.121. The summed E-state index contributed by atoms with van der Waals surface area (Å²) in [5, 5.41) is 10.0. The summed E-state index contributed by atoms with van der Waals surface area (Å²) < 4.78 is 30.8. The lowest BCUT2D eigenvalue weighted by Gasteiger charge is -2.43. The number of pyridine rings is 1. The fourth-order valence-corrected chi connectivity index (χ4v) is 10.0. The van der Waals surface area contributed by atoms with Crippen LogP contribution in [0.25, 0.3) is 0 Å². The number of benzene rings is 2. The van der Waals surface area contributed by atoms with Gasteiger partial charge in [-0.3, -0.25) is 14.5 Å². The molecule has 2 amide bonds. The van der Waals surface area contributed by atoms with E-state index in [-0.39, 0.29) is 30.6 Å². The first-order valence-corrected chi connectivity index (χ1v) is 25.2. The summed E-state index contributed by atoms with van der Waals surface area (Å²) in [5.41, 5.74) is 2.54. The molecule has 19 heteroatoms. The minimum absolute atomic E-state index is 0.163. The maximum Gasteiger partial charge on any atom is 0.255 e. The van der Waals surface area contributed by atoms with Crippen LogP contribution in [-0.4, -0.2) is 147 Å². The first kappa shape index (κ1) is 47.5. The molecule has 0 spiro atoms. The number of methoxy groups -OCH3 is 2. The van der Waals surface area contributed by atoms with Crippen molar-refractivity contribution in [2.24, 2.45) is 0 Å². The lowest BCUT2D eigenvalue weighted by atomic mass is 10.0. The van der Waals surface area contributed by atoms with E-state index < -0.39 is 13.2 Å². The number of ether oxygens (including phenoxy) is 3. The van der Waals surface area contributed by atoms with Gasteiger partial charge in [-0.2, -0.15) is 9.97 Å². The summed E-state index contributed by atoms with van der Waals surface area (Å²) in [6.07, 6.45) is 6.60.